The minimum absolute atomic E-state index is 0.138. The second-order valence-corrected chi connectivity index (χ2v) is 9.83. The van der Waals surface area contributed by atoms with Gasteiger partial charge in [-0.1, -0.05) is 43.3 Å². The summed E-state index contributed by atoms with van der Waals surface area (Å²) in [4.78, 5) is 13.2. The second-order valence-electron chi connectivity index (χ2n) is 7.97. The van der Waals surface area contributed by atoms with Crippen LogP contribution in [0, 0.1) is 13.8 Å². The van der Waals surface area contributed by atoms with Crippen molar-refractivity contribution in [1.29, 1.82) is 0 Å². The van der Waals surface area contributed by atoms with Crippen molar-refractivity contribution in [3.63, 3.8) is 0 Å². The van der Waals surface area contributed by atoms with Crippen LogP contribution in [-0.4, -0.2) is 28.0 Å². The molecular formula is C26H30N2O4S. The number of hydrogen-bond acceptors (Lipinski definition) is 4. The molecule has 0 aliphatic carbocycles. The van der Waals surface area contributed by atoms with Crippen molar-refractivity contribution in [2.75, 3.05) is 18.0 Å². The Morgan fingerprint density at radius 2 is 1.58 bits per heavy atom. The van der Waals surface area contributed by atoms with E-state index in [-0.39, 0.29) is 23.4 Å². The standard InChI is InChI=1S/C26H30N2O4S/c1-5-25(21-11-13-23(32-4)14-12-21)27-26(29)18-28(22-16-19(2)15-20(3)17-22)33(30,31)24-9-7-6-8-10-24/h6-17,25H,5,18H2,1-4H3,(H,27,29). The predicted molar refractivity (Wildman–Crippen MR) is 131 cm³/mol. The number of ether oxygens (including phenoxy) is 1. The van der Waals surface area contributed by atoms with Gasteiger partial charge in [-0.05, 0) is 73.4 Å². The van der Waals surface area contributed by atoms with Crippen LogP contribution < -0.4 is 14.4 Å². The van der Waals surface area contributed by atoms with Gasteiger partial charge >= 0.3 is 0 Å². The topological polar surface area (TPSA) is 75.7 Å². The van der Waals surface area contributed by atoms with Crippen LogP contribution >= 0.6 is 0 Å². The van der Waals surface area contributed by atoms with Crippen LogP contribution in [0.1, 0.15) is 36.1 Å². The lowest BCUT2D eigenvalue weighted by atomic mass is 10.0. The van der Waals surface area contributed by atoms with Crippen LogP contribution in [-0.2, 0) is 14.8 Å². The van der Waals surface area contributed by atoms with E-state index in [2.05, 4.69) is 5.32 Å². The number of anilines is 1. The van der Waals surface area contributed by atoms with E-state index in [0.717, 1.165) is 22.4 Å². The molecule has 0 aromatic heterocycles. The fourth-order valence-electron chi connectivity index (χ4n) is 3.76. The lowest BCUT2D eigenvalue weighted by molar-refractivity contribution is -0.120. The molecule has 33 heavy (non-hydrogen) atoms. The zero-order valence-electron chi connectivity index (χ0n) is 19.4. The van der Waals surface area contributed by atoms with Crippen molar-refractivity contribution in [1.82, 2.24) is 5.32 Å². The van der Waals surface area contributed by atoms with E-state index in [1.165, 1.54) is 16.4 Å². The van der Waals surface area contributed by atoms with Gasteiger partial charge in [-0.15, -0.1) is 0 Å². The van der Waals surface area contributed by atoms with Gasteiger partial charge in [0.2, 0.25) is 5.91 Å². The molecule has 6 nitrogen and oxygen atoms in total. The number of benzene rings is 3. The van der Waals surface area contributed by atoms with Crippen LogP contribution in [0.4, 0.5) is 5.69 Å². The van der Waals surface area contributed by atoms with Crippen molar-refractivity contribution in [3.05, 3.63) is 89.5 Å². The first-order valence-electron chi connectivity index (χ1n) is 10.8. The zero-order chi connectivity index (χ0) is 24.0. The predicted octanol–water partition coefficient (Wildman–Crippen LogP) is 4.77. The maximum absolute atomic E-state index is 13.5. The third-order valence-corrected chi connectivity index (χ3v) is 7.16. The Hall–Kier alpha value is -3.32. The number of carbonyl (C=O) groups excluding carboxylic acids is 1. The Balaban J connectivity index is 1.91. The first-order valence-corrected chi connectivity index (χ1v) is 12.3. The minimum Gasteiger partial charge on any atom is -0.497 e. The summed E-state index contributed by atoms with van der Waals surface area (Å²) in [5, 5.41) is 2.99. The number of amides is 1. The quantitative estimate of drug-likeness (QED) is 0.493. The van der Waals surface area contributed by atoms with Gasteiger partial charge in [0.05, 0.1) is 23.7 Å². The van der Waals surface area contributed by atoms with Crippen LogP contribution in [0.15, 0.2) is 77.7 Å². The lowest BCUT2D eigenvalue weighted by Crippen LogP contribution is -2.42. The smallest absolute Gasteiger partial charge is 0.264 e. The monoisotopic (exact) mass is 466 g/mol. The molecule has 0 aliphatic rings. The van der Waals surface area contributed by atoms with Crippen molar-refractivity contribution in [3.8, 4) is 5.75 Å². The largest absolute Gasteiger partial charge is 0.497 e. The van der Waals surface area contributed by atoms with E-state index >= 15 is 0 Å². The van der Waals surface area contributed by atoms with Crippen LogP contribution in [0.25, 0.3) is 0 Å². The van der Waals surface area contributed by atoms with E-state index in [1.54, 1.807) is 37.4 Å². The molecule has 0 bridgehead atoms. The van der Waals surface area contributed by atoms with E-state index in [4.69, 9.17) is 4.74 Å². The van der Waals surface area contributed by atoms with Crippen molar-refractivity contribution in [2.45, 2.75) is 38.1 Å². The second kappa shape index (κ2) is 10.5. The number of nitrogens with one attached hydrogen (secondary N) is 1. The third kappa shape index (κ3) is 5.93. The van der Waals surface area contributed by atoms with Crippen LogP contribution in [0.5, 0.6) is 5.75 Å². The molecule has 0 saturated carbocycles. The molecule has 1 unspecified atom stereocenters. The Morgan fingerprint density at radius 3 is 2.12 bits per heavy atom. The highest BCUT2D eigenvalue weighted by atomic mass is 32.2. The molecule has 3 aromatic carbocycles. The summed E-state index contributed by atoms with van der Waals surface area (Å²) in [5.74, 6) is 0.353. The van der Waals surface area contributed by atoms with Crippen molar-refractivity contribution in [2.24, 2.45) is 0 Å². The number of aryl methyl sites for hydroxylation is 2. The molecule has 1 atom stereocenters. The van der Waals surface area contributed by atoms with E-state index in [9.17, 15) is 13.2 Å². The molecule has 1 N–H and O–H groups in total. The first-order chi connectivity index (χ1) is 15.7. The molecule has 1 amide bonds. The first kappa shape index (κ1) is 24.3. The van der Waals surface area contributed by atoms with E-state index in [0.29, 0.717) is 12.1 Å². The zero-order valence-corrected chi connectivity index (χ0v) is 20.2. The SMILES string of the molecule is CCC(NC(=O)CN(c1cc(C)cc(C)c1)S(=O)(=O)c1ccccc1)c1ccc(OC)cc1. The Bertz CT molecular complexity index is 1170. The Labute approximate surface area is 196 Å². The third-order valence-electron chi connectivity index (χ3n) is 5.37. The Morgan fingerprint density at radius 1 is 0.970 bits per heavy atom. The van der Waals surface area contributed by atoms with Gasteiger partial charge in [0, 0.05) is 0 Å². The molecule has 0 saturated heterocycles. The summed E-state index contributed by atoms with van der Waals surface area (Å²) in [5.41, 5.74) is 3.23. The molecular weight excluding hydrogens is 436 g/mol. The number of rotatable bonds is 9. The average molecular weight is 467 g/mol. The summed E-state index contributed by atoms with van der Waals surface area (Å²) >= 11 is 0. The number of methoxy groups -OCH3 is 1. The summed E-state index contributed by atoms with van der Waals surface area (Å²) in [6.45, 7) is 5.45. The number of nitrogens with zero attached hydrogens (tertiary/aromatic N) is 1. The minimum atomic E-state index is -3.94. The maximum Gasteiger partial charge on any atom is 0.264 e. The number of carbonyl (C=O) groups is 1. The summed E-state index contributed by atoms with van der Waals surface area (Å²) < 4.78 is 33.4. The van der Waals surface area contributed by atoms with E-state index < -0.39 is 10.0 Å². The van der Waals surface area contributed by atoms with Crippen molar-refractivity contribution < 1.29 is 17.9 Å². The molecule has 3 aromatic rings. The fourth-order valence-corrected chi connectivity index (χ4v) is 5.18. The van der Waals surface area contributed by atoms with Crippen molar-refractivity contribution >= 4 is 21.6 Å². The van der Waals surface area contributed by atoms with Crippen LogP contribution in [0.2, 0.25) is 0 Å². The molecule has 0 aliphatic heterocycles. The maximum atomic E-state index is 13.5. The molecule has 7 heteroatoms. The van der Waals surface area contributed by atoms with Gasteiger partial charge in [-0.25, -0.2) is 8.42 Å². The number of sulfonamides is 1. The molecule has 3 rings (SSSR count). The molecule has 0 radical (unpaired) electrons. The van der Waals surface area contributed by atoms with Crippen LogP contribution in [0.3, 0.4) is 0 Å². The normalized spacial score (nSPS) is 12.1. The molecule has 0 spiro atoms. The van der Waals surface area contributed by atoms with Gasteiger partial charge in [-0.2, -0.15) is 0 Å². The van der Waals surface area contributed by atoms with E-state index in [1.807, 2.05) is 51.1 Å². The Kier molecular flexibility index (Phi) is 7.76. The highest BCUT2D eigenvalue weighted by Crippen LogP contribution is 2.26. The summed E-state index contributed by atoms with van der Waals surface area (Å²) in [7, 11) is -2.34. The summed E-state index contributed by atoms with van der Waals surface area (Å²) in [6.07, 6.45) is 0.660. The molecule has 0 heterocycles. The van der Waals surface area contributed by atoms with Gasteiger partial charge in [0.1, 0.15) is 12.3 Å². The van der Waals surface area contributed by atoms with Gasteiger partial charge < -0.3 is 10.1 Å². The highest BCUT2D eigenvalue weighted by molar-refractivity contribution is 7.92. The van der Waals surface area contributed by atoms with Gasteiger partial charge in [0.15, 0.2) is 0 Å². The summed E-state index contributed by atoms with van der Waals surface area (Å²) in [6, 6.07) is 20.9. The number of hydrogen-bond donors (Lipinski definition) is 1. The molecule has 0 fully saturated rings. The lowest BCUT2D eigenvalue weighted by Gasteiger charge is -2.26. The average Bonchev–Trinajstić information content (AvgIpc) is 2.81. The van der Waals surface area contributed by atoms with Gasteiger partial charge in [-0.3, -0.25) is 9.10 Å². The van der Waals surface area contributed by atoms with Gasteiger partial charge in [0.25, 0.3) is 10.0 Å². The fraction of sp³-hybridized carbons (Fsp3) is 0.269. The highest BCUT2D eigenvalue weighted by Gasteiger charge is 2.28. The molecule has 174 valence electrons.